The molecule has 8 heteroatoms. The van der Waals surface area contributed by atoms with Crippen molar-refractivity contribution in [2.24, 2.45) is 0 Å². The second-order valence-electron chi connectivity index (χ2n) is 8.61. The van der Waals surface area contributed by atoms with Gasteiger partial charge in [0.15, 0.2) is 5.82 Å². The van der Waals surface area contributed by atoms with Gasteiger partial charge in [0.1, 0.15) is 5.82 Å². The molecule has 5 rings (SSSR count). The van der Waals surface area contributed by atoms with Crippen LogP contribution in [0.2, 0.25) is 0 Å². The molecule has 2 aromatic rings. The number of hydrogen-bond acceptors (Lipinski definition) is 6. The van der Waals surface area contributed by atoms with Crippen LogP contribution in [-0.2, 0) is 11.2 Å². The molecule has 3 aliphatic heterocycles. The topological polar surface area (TPSA) is 91.4 Å². The Kier molecular flexibility index (Phi) is 5.50. The third-order valence-electron chi connectivity index (χ3n) is 6.41. The number of carbonyl (C=O) groups is 1. The summed E-state index contributed by atoms with van der Waals surface area (Å²) < 4.78 is 5.68. The molecule has 3 N–H and O–H groups in total. The van der Waals surface area contributed by atoms with E-state index < -0.39 is 0 Å². The highest BCUT2D eigenvalue weighted by Gasteiger charge is 2.38. The Morgan fingerprint density at radius 3 is 2.87 bits per heavy atom. The maximum atomic E-state index is 11.8. The zero-order chi connectivity index (χ0) is 21.4. The summed E-state index contributed by atoms with van der Waals surface area (Å²) in [6.07, 6.45) is 3.28. The molecule has 1 aromatic carbocycles. The third kappa shape index (κ3) is 3.97. The zero-order valence-corrected chi connectivity index (χ0v) is 18.1. The summed E-state index contributed by atoms with van der Waals surface area (Å²) in [5.74, 6) is 1.80. The van der Waals surface area contributed by atoms with Gasteiger partial charge in [-0.05, 0) is 51.0 Å². The predicted octanol–water partition coefficient (Wildman–Crippen LogP) is 2.86. The van der Waals surface area contributed by atoms with E-state index in [9.17, 15) is 4.79 Å². The molecule has 2 bridgehead atoms. The summed E-state index contributed by atoms with van der Waals surface area (Å²) in [6.45, 7) is 6.96. The summed E-state index contributed by atoms with van der Waals surface area (Å²) in [7, 11) is 0. The molecule has 0 saturated carbocycles. The first-order valence-electron chi connectivity index (χ1n) is 11.3. The predicted molar refractivity (Wildman–Crippen MR) is 120 cm³/mol. The van der Waals surface area contributed by atoms with Gasteiger partial charge < -0.3 is 25.6 Å². The number of amides is 2. The maximum absolute atomic E-state index is 11.8. The van der Waals surface area contributed by atoms with Crippen LogP contribution >= 0.6 is 0 Å². The molecular formula is C23H30N6O2. The van der Waals surface area contributed by atoms with Crippen LogP contribution in [0.5, 0.6) is 0 Å². The molecule has 2 fully saturated rings. The number of urea groups is 1. The lowest BCUT2D eigenvalue weighted by Gasteiger charge is -2.38. The number of ether oxygens (including phenoxy) is 1. The van der Waals surface area contributed by atoms with Crippen molar-refractivity contribution in [1.82, 2.24) is 20.6 Å². The van der Waals surface area contributed by atoms with Crippen LogP contribution < -0.4 is 20.9 Å². The van der Waals surface area contributed by atoms with E-state index in [4.69, 9.17) is 14.7 Å². The highest BCUT2D eigenvalue weighted by atomic mass is 16.5. The molecule has 2 amide bonds. The first-order chi connectivity index (χ1) is 15.1. The second kappa shape index (κ2) is 8.43. The van der Waals surface area contributed by atoms with E-state index in [1.165, 1.54) is 17.7 Å². The Balaban J connectivity index is 1.50. The smallest absolute Gasteiger partial charge is 0.319 e. The van der Waals surface area contributed by atoms with Crippen molar-refractivity contribution >= 4 is 17.5 Å². The van der Waals surface area contributed by atoms with Gasteiger partial charge in [-0.25, -0.2) is 14.8 Å². The number of nitrogens with one attached hydrogen (secondary N) is 3. The molecule has 4 heterocycles. The van der Waals surface area contributed by atoms with E-state index in [2.05, 4.69) is 27.8 Å². The molecule has 0 aliphatic carbocycles. The number of aromatic nitrogens is 2. The normalized spacial score (nSPS) is 24.6. The Hall–Kier alpha value is -2.71. The summed E-state index contributed by atoms with van der Waals surface area (Å²) in [4.78, 5) is 24.3. The van der Waals surface area contributed by atoms with Gasteiger partial charge in [-0.1, -0.05) is 0 Å². The fourth-order valence-corrected chi connectivity index (χ4v) is 4.88. The fraction of sp³-hybridized carbons (Fsp3) is 0.522. The summed E-state index contributed by atoms with van der Waals surface area (Å²) in [5, 5.41) is 9.33. The van der Waals surface area contributed by atoms with Crippen molar-refractivity contribution in [3.05, 3.63) is 35.5 Å². The van der Waals surface area contributed by atoms with Crippen LogP contribution in [0.4, 0.5) is 16.3 Å². The molecule has 2 saturated heterocycles. The number of benzene rings is 1. The number of hydrogen-bond donors (Lipinski definition) is 3. The monoisotopic (exact) mass is 422 g/mol. The summed E-state index contributed by atoms with van der Waals surface area (Å²) >= 11 is 0. The molecule has 3 aliphatic rings. The minimum Gasteiger partial charge on any atom is -0.377 e. The molecule has 0 spiro atoms. The summed E-state index contributed by atoms with van der Waals surface area (Å²) in [5.41, 5.74) is 4.16. The average Bonchev–Trinajstić information content (AvgIpc) is 3.15. The number of morpholine rings is 1. The van der Waals surface area contributed by atoms with Crippen LogP contribution in [0.25, 0.3) is 11.4 Å². The second-order valence-corrected chi connectivity index (χ2v) is 8.61. The van der Waals surface area contributed by atoms with Gasteiger partial charge in [0, 0.05) is 48.4 Å². The lowest BCUT2D eigenvalue weighted by atomic mass is 9.99. The molecule has 31 heavy (non-hydrogen) atoms. The Morgan fingerprint density at radius 1 is 1.26 bits per heavy atom. The molecule has 3 atom stereocenters. The molecular weight excluding hydrogens is 392 g/mol. The van der Waals surface area contributed by atoms with Crippen molar-refractivity contribution in [2.45, 2.75) is 51.2 Å². The first kappa shape index (κ1) is 20.2. The van der Waals surface area contributed by atoms with E-state index in [-0.39, 0.29) is 12.1 Å². The van der Waals surface area contributed by atoms with Gasteiger partial charge in [0.05, 0.1) is 24.9 Å². The fourth-order valence-electron chi connectivity index (χ4n) is 4.88. The highest BCUT2D eigenvalue weighted by molar-refractivity contribution is 5.89. The summed E-state index contributed by atoms with van der Waals surface area (Å²) in [6, 6.07) is 8.69. The van der Waals surface area contributed by atoms with Gasteiger partial charge in [0.25, 0.3) is 0 Å². The van der Waals surface area contributed by atoms with Gasteiger partial charge in [0.2, 0.25) is 0 Å². The lowest BCUT2D eigenvalue weighted by Crippen LogP contribution is -2.46. The Labute approximate surface area is 182 Å². The molecule has 1 aromatic heterocycles. The SMILES string of the molecule is CCNC(=O)Nc1ccc(-c2nc3c(c(N4CCOC[C@@H]4C)n2)[C@H]2CC[C@@H](C3)N2)cc1. The number of carbonyl (C=O) groups excluding carboxylic acids is 1. The molecule has 8 nitrogen and oxygen atoms in total. The average molecular weight is 423 g/mol. The van der Waals surface area contributed by atoms with Crippen molar-refractivity contribution in [2.75, 3.05) is 36.5 Å². The Morgan fingerprint density at radius 2 is 2.10 bits per heavy atom. The van der Waals surface area contributed by atoms with Gasteiger partial charge in [-0.3, -0.25) is 0 Å². The molecule has 164 valence electrons. The molecule has 0 radical (unpaired) electrons. The minimum atomic E-state index is -0.202. The van der Waals surface area contributed by atoms with E-state index in [0.29, 0.717) is 18.6 Å². The quantitative estimate of drug-likeness (QED) is 0.702. The van der Waals surface area contributed by atoms with E-state index >= 15 is 0 Å². The van der Waals surface area contributed by atoms with Crippen molar-refractivity contribution < 1.29 is 9.53 Å². The van der Waals surface area contributed by atoms with E-state index in [1.54, 1.807) is 0 Å². The maximum Gasteiger partial charge on any atom is 0.319 e. The number of fused-ring (bicyclic) bond motifs is 4. The van der Waals surface area contributed by atoms with Gasteiger partial charge in [-0.15, -0.1) is 0 Å². The van der Waals surface area contributed by atoms with Crippen LogP contribution in [0.1, 0.15) is 44.0 Å². The standard InChI is InChI=1S/C23H30N6O2/c1-3-24-23(30)26-16-6-4-15(5-7-16)21-27-19-12-17-8-9-18(25-17)20(19)22(28-21)29-10-11-31-13-14(29)2/h4-7,14,17-18,25H,3,8-13H2,1-2H3,(H2,24,26,30)/t14-,17-,18+/m0/s1. The van der Waals surface area contributed by atoms with Gasteiger partial charge in [-0.2, -0.15) is 0 Å². The first-order valence-corrected chi connectivity index (χ1v) is 11.3. The van der Waals surface area contributed by atoms with Crippen molar-refractivity contribution in [3.63, 3.8) is 0 Å². The van der Waals surface area contributed by atoms with Gasteiger partial charge >= 0.3 is 6.03 Å². The number of anilines is 2. The van der Waals surface area contributed by atoms with Crippen LogP contribution in [0, 0.1) is 0 Å². The Bertz CT molecular complexity index is 963. The molecule has 0 unspecified atom stereocenters. The van der Waals surface area contributed by atoms with Crippen LogP contribution in [-0.4, -0.2) is 54.4 Å². The number of rotatable bonds is 4. The van der Waals surface area contributed by atoms with E-state index in [0.717, 1.165) is 55.5 Å². The minimum absolute atomic E-state index is 0.202. The van der Waals surface area contributed by atoms with E-state index in [1.807, 2.05) is 31.2 Å². The lowest BCUT2D eigenvalue weighted by molar-refractivity contribution is 0.0983. The highest BCUT2D eigenvalue weighted by Crippen LogP contribution is 2.41. The number of nitrogens with zero attached hydrogens (tertiary/aromatic N) is 3. The zero-order valence-electron chi connectivity index (χ0n) is 18.1. The third-order valence-corrected chi connectivity index (χ3v) is 6.41. The van der Waals surface area contributed by atoms with Crippen molar-refractivity contribution in [1.29, 1.82) is 0 Å². The van der Waals surface area contributed by atoms with Crippen molar-refractivity contribution in [3.8, 4) is 11.4 Å². The van der Waals surface area contributed by atoms with Crippen LogP contribution in [0.15, 0.2) is 24.3 Å². The van der Waals surface area contributed by atoms with Crippen LogP contribution in [0.3, 0.4) is 0 Å². The largest absolute Gasteiger partial charge is 0.377 e.